The van der Waals surface area contributed by atoms with Crippen molar-refractivity contribution in [1.82, 2.24) is 0 Å². The van der Waals surface area contributed by atoms with E-state index in [1.54, 1.807) is 0 Å². The van der Waals surface area contributed by atoms with Crippen LogP contribution in [-0.4, -0.2) is 97.9 Å². The topological polar surface area (TPSA) is 223 Å². The number of ether oxygens (including phenoxy) is 8. The maximum absolute atomic E-state index is 14.3. The molecule has 0 unspecified atom stereocenters. The van der Waals surface area contributed by atoms with Gasteiger partial charge in [0.25, 0.3) is 0 Å². The number of hydrogen-bond acceptors (Lipinski definition) is 16. The lowest BCUT2D eigenvalue weighted by atomic mass is 9.78. The van der Waals surface area contributed by atoms with E-state index in [2.05, 4.69) is 166 Å². The number of carbonyl (C=O) groups excluding carboxylic acids is 4. The normalized spacial score (nSPS) is 12.9. The lowest BCUT2D eigenvalue weighted by Crippen LogP contribution is -2.44. The van der Waals surface area contributed by atoms with Crippen molar-refractivity contribution in [2.45, 2.75) is 261 Å². The van der Waals surface area contributed by atoms with Crippen LogP contribution in [0.1, 0.15) is 259 Å². The summed E-state index contributed by atoms with van der Waals surface area (Å²) in [5, 5.41) is 39.9. The van der Waals surface area contributed by atoms with Crippen LogP contribution in [0.25, 0.3) is 0 Å². The zero-order valence-corrected chi connectivity index (χ0v) is 61.1. The molecule has 0 aliphatic heterocycles. The smallest absolute Gasteiger partial charge is 0.306 e. The number of carbonyl (C=O) groups is 4. The molecule has 0 saturated carbocycles. The van der Waals surface area contributed by atoms with Gasteiger partial charge in [-0.2, -0.15) is 0 Å². The number of benzene rings is 4. The van der Waals surface area contributed by atoms with Crippen molar-refractivity contribution in [2.75, 3.05) is 53.6 Å². The Labute approximate surface area is 557 Å². The maximum atomic E-state index is 14.3. The summed E-state index contributed by atoms with van der Waals surface area (Å²) in [5.41, 5.74) is 5.49. The van der Waals surface area contributed by atoms with Gasteiger partial charge in [0.15, 0.2) is 27.2 Å². The molecule has 0 aliphatic rings. The summed E-state index contributed by atoms with van der Waals surface area (Å²) < 4.78 is 48.2. The molecule has 0 spiro atoms. The van der Waals surface area contributed by atoms with E-state index in [0.29, 0.717) is 23.0 Å². The van der Waals surface area contributed by atoms with Crippen LogP contribution in [0.3, 0.4) is 0 Å². The molecule has 0 heterocycles. The Hall–Kier alpha value is -6.20. The van der Waals surface area contributed by atoms with Gasteiger partial charge in [-0.3, -0.25) is 19.2 Å². The molecule has 0 atom stereocenters. The highest BCUT2D eigenvalue weighted by Crippen LogP contribution is 2.45. The first kappa shape index (κ1) is 79.2. The summed E-state index contributed by atoms with van der Waals surface area (Å²) in [6, 6.07) is 15.9. The minimum Gasteiger partial charge on any atom is -0.467 e. The van der Waals surface area contributed by atoms with Gasteiger partial charge in [0.05, 0.1) is 0 Å². The molecular weight excluding hydrogens is 1180 g/mol. The molecule has 520 valence electrons. The van der Waals surface area contributed by atoms with E-state index >= 15 is 0 Å². The predicted octanol–water partition coefficient (Wildman–Crippen LogP) is 14.4. The monoisotopic (exact) mass is 1300 g/mol. The highest BCUT2D eigenvalue weighted by molar-refractivity contribution is 5.72. The number of aryl methyl sites for hydroxylation is 4. The number of rotatable bonds is 28. The Balaban J connectivity index is 1.83. The first-order valence-electron chi connectivity index (χ1n) is 32.9. The molecule has 0 amide bonds. The van der Waals surface area contributed by atoms with Crippen molar-refractivity contribution in [1.29, 1.82) is 0 Å². The van der Waals surface area contributed by atoms with Gasteiger partial charge in [0, 0.05) is 70.2 Å². The Bertz CT molecular complexity index is 2620. The summed E-state index contributed by atoms with van der Waals surface area (Å²) in [4.78, 5) is 57.2. The van der Waals surface area contributed by atoms with Crippen LogP contribution in [0, 0.1) is 5.41 Å². The zero-order chi connectivity index (χ0) is 70.7. The molecule has 0 fully saturated rings. The summed E-state index contributed by atoms with van der Waals surface area (Å²) in [6.45, 7) is 45.3. The molecule has 4 aromatic carbocycles. The van der Waals surface area contributed by atoms with Gasteiger partial charge in [-0.15, -0.1) is 0 Å². The van der Waals surface area contributed by atoms with E-state index in [9.17, 15) is 39.6 Å². The zero-order valence-electron chi connectivity index (χ0n) is 61.1. The van der Waals surface area contributed by atoms with Crippen LogP contribution in [-0.2, 0) is 107 Å². The quantitative estimate of drug-likeness (QED) is 0.0236. The Kier molecular flexibility index (Phi) is 26.9. The van der Waals surface area contributed by atoms with Crippen LogP contribution < -0.4 is 18.9 Å². The standard InChI is InChI=1S/C77H116O16/c1-69(2,3)53-33-49(34-54(70(4,5)6)65(53)90-45-78)25-29-61(82)86-41-77(42-87-62(83)30-26-50-35-55(71(7,8)9)66(91-46-79)56(36-50)72(10,11)12,43-88-63(84)31-27-51-37-57(73(13,14)15)67(92-47-80)58(38-51)74(16,17)18)44-89-64(85)32-28-52-39-59(75(19,20)21)68(93-48-81)60(40-52)76(22,23)24/h33-40,78-81H,25-32,41-48H2,1-24H3. The highest BCUT2D eigenvalue weighted by Gasteiger charge is 2.39. The third kappa shape index (κ3) is 23.0. The van der Waals surface area contributed by atoms with Crippen LogP contribution in [0.2, 0.25) is 0 Å². The molecule has 16 nitrogen and oxygen atoms in total. The summed E-state index contributed by atoms with van der Waals surface area (Å²) in [6.07, 6.45) is 0.729. The van der Waals surface area contributed by atoms with Gasteiger partial charge in [-0.1, -0.05) is 215 Å². The fourth-order valence-electron chi connectivity index (χ4n) is 11.1. The lowest BCUT2D eigenvalue weighted by molar-refractivity contribution is -0.170. The molecule has 0 bridgehead atoms. The van der Waals surface area contributed by atoms with Crippen molar-refractivity contribution < 1.29 is 77.5 Å². The van der Waals surface area contributed by atoms with Crippen molar-refractivity contribution in [3.05, 3.63) is 115 Å². The van der Waals surface area contributed by atoms with E-state index < -0.39 is 126 Å². The second-order valence-electron chi connectivity index (χ2n) is 33.3. The largest absolute Gasteiger partial charge is 0.467 e. The van der Waals surface area contributed by atoms with E-state index in [1.807, 2.05) is 48.5 Å². The maximum Gasteiger partial charge on any atom is 0.306 e. The van der Waals surface area contributed by atoms with E-state index in [0.717, 1.165) is 66.8 Å². The van der Waals surface area contributed by atoms with Crippen LogP contribution in [0.15, 0.2) is 48.5 Å². The summed E-state index contributed by atoms with van der Waals surface area (Å²) >= 11 is 0. The molecule has 0 radical (unpaired) electrons. The molecule has 0 aromatic heterocycles. The van der Waals surface area contributed by atoms with Crippen molar-refractivity contribution in [2.24, 2.45) is 5.41 Å². The Morgan fingerprint density at radius 1 is 0.269 bits per heavy atom. The third-order valence-electron chi connectivity index (χ3n) is 16.5. The van der Waals surface area contributed by atoms with Crippen LogP contribution in [0.4, 0.5) is 0 Å². The fraction of sp³-hybridized carbons (Fsp3) is 0.636. The number of aliphatic hydroxyl groups excluding tert-OH is 4. The minimum absolute atomic E-state index is 0.0808. The Morgan fingerprint density at radius 2 is 0.409 bits per heavy atom. The second-order valence-corrected chi connectivity index (χ2v) is 33.3. The molecule has 0 saturated heterocycles. The van der Waals surface area contributed by atoms with Crippen molar-refractivity contribution in [3.8, 4) is 23.0 Å². The van der Waals surface area contributed by atoms with Gasteiger partial charge in [0.2, 0.25) is 0 Å². The van der Waals surface area contributed by atoms with E-state index in [-0.39, 0.29) is 51.4 Å². The molecule has 93 heavy (non-hydrogen) atoms. The molecular formula is C77H116O16. The van der Waals surface area contributed by atoms with Gasteiger partial charge in [-0.05, 0) is 91.3 Å². The molecule has 4 aromatic rings. The second kappa shape index (κ2) is 31.6. The first-order chi connectivity index (χ1) is 42.6. The highest BCUT2D eigenvalue weighted by atomic mass is 16.6. The molecule has 0 aliphatic carbocycles. The lowest BCUT2D eigenvalue weighted by Gasteiger charge is -2.32. The third-order valence-corrected chi connectivity index (χ3v) is 16.5. The van der Waals surface area contributed by atoms with Crippen molar-refractivity contribution in [3.63, 3.8) is 0 Å². The molecule has 16 heteroatoms. The van der Waals surface area contributed by atoms with Gasteiger partial charge >= 0.3 is 23.9 Å². The average molecular weight is 1300 g/mol. The SMILES string of the molecule is CC(C)(C)c1cc(CCC(=O)OCC(COC(=O)CCc2cc(C(C)(C)C)c(OCO)c(C(C)(C)C)c2)(COC(=O)CCc2cc(C(C)(C)C)c(OCO)c(C(C)(C)C)c2)COC(=O)CCc2cc(C(C)(C)C)c(OCO)c(C(C)(C)C)c2)cc(C(C)(C)C)c1OCO. The fourth-order valence-corrected chi connectivity index (χ4v) is 11.1. The van der Waals surface area contributed by atoms with Crippen molar-refractivity contribution >= 4 is 23.9 Å². The van der Waals surface area contributed by atoms with E-state index in [1.165, 1.54) is 0 Å². The van der Waals surface area contributed by atoms with Gasteiger partial charge in [-0.25, -0.2) is 0 Å². The van der Waals surface area contributed by atoms with E-state index in [4.69, 9.17) is 37.9 Å². The first-order valence-corrected chi connectivity index (χ1v) is 32.9. The minimum atomic E-state index is -1.62. The predicted molar refractivity (Wildman–Crippen MR) is 366 cm³/mol. The molecule has 4 rings (SSSR count). The van der Waals surface area contributed by atoms with Crippen LogP contribution in [0.5, 0.6) is 23.0 Å². The number of aliphatic hydroxyl groups is 4. The van der Waals surface area contributed by atoms with Gasteiger partial charge < -0.3 is 58.3 Å². The number of esters is 4. The van der Waals surface area contributed by atoms with Gasteiger partial charge in [0.1, 0.15) is 54.8 Å². The average Bonchev–Trinajstić information content (AvgIpc) is 0.803. The van der Waals surface area contributed by atoms with Crippen LogP contribution >= 0.6 is 0 Å². The molecule has 4 N–H and O–H groups in total. The summed E-state index contributed by atoms with van der Waals surface area (Å²) in [7, 11) is 0. The number of hydrogen-bond donors (Lipinski definition) is 4. The summed E-state index contributed by atoms with van der Waals surface area (Å²) in [5.74, 6) is -0.0766. The Morgan fingerprint density at radius 3 is 0.527 bits per heavy atom.